The molecule has 5 nitrogen and oxygen atoms in total. The first-order valence-electron chi connectivity index (χ1n) is 9.46. The van der Waals surface area contributed by atoms with Gasteiger partial charge in [0.1, 0.15) is 11.5 Å². The van der Waals surface area contributed by atoms with Gasteiger partial charge in [0.2, 0.25) is 5.78 Å². The van der Waals surface area contributed by atoms with E-state index in [-0.39, 0.29) is 5.78 Å². The number of ketones is 1. The quantitative estimate of drug-likeness (QED) is 0.426. The summed E-state index contributed by atoms with van der Waals surface area (Å²) < 4.78 is 11.1. The minimum absolute atomic E-state index is 0.261. The summed E-state index contributed by atoms with van der Waals surface area (Å²) in [6, 6.07) is 22.5. The Balaban J connectivity index is 1.98. The highest BCUT2D eigenvalue weighted by molar-refractivity contribution is 6.18. The Morgan fingerprint density at radius 2 is 1.03 bits per heavy atom. The zero-order valence-corrected chi connectivity index (χ0v) is 16.7. The van der Waals surface area contributed by atoms with Crippen LogP contribution in [0.4, 0.5) is 0 Å². The molecule has 0 aliphatic carbocycles. The van der Waals surface area contributed by atoms with E-state index in [1.807, 2.05) is 60.7 Å². The molecule has 0 saturated carbocycles. The lowest BCUT2D eigenvalue weighted by Crippen LogP contribution is -2.11. The Hall–Kier alpha value is -3.99. The maximum atomic E-state index is 14.0. The van der Waals surface area contributed by atoms with Crippen LogP contribution in [-0.4, -0.2) is 30.0 Å². The van der Waals surface area contributed by atoms with Crippen LogP contribution >= 0.6 is 0 Å². The van der Waals surface area contributed by atoms with Gasteiger partial charge in [-0.25, -0.2) is 0 Å². The fourth-order valence-electron chi connectivity index (χ4n) is 3.42. The summed E-state index contributed by atoms with van der Waals surface area (Å²) in [6.07, 6.45) is 3.27. The fourth-order valence-corrected chi connectivity index (χ4v) is 3.42. The summed E-state index contributed by atoms with van der Waals surface area (Å²) in [5, 5.41) is 0. The summed E-state index contributed by atoms with van der Waals surface area (Å²) in [7, 11) is 3.08. The second-order valence-electron chi connectivity index (χ2n) is 6.53. The van der Waals surface area contributed by atoms with Gasteiger partial charge in [-0.15, -0.1) is 0 Å². The predicted molar refractivity (Wildman–Crippen MR) is 116 cm³/mol. The van der Waals surface area contributed by atoms with E-state index < -0.39 is 0 Å². The Morgan fingerprint density at radius 3 is 1.40 bits per heavy atom. The van der Waals surface area contributed by atoms with Gasteiger partial charge in [0.25, 0.3) is 0 Å². The number of rotatable bonds is 6. The van der Waals surface area contributed by atoms with E-state index in [9.17, 15) is 4.79 Å². The van der Waals surface area contributed by atoms with Crippen molar-refractivity contribution in [2.24, 2.45) is 0 Å². The van der Waals surface area contributed by atoms with Crippen LogP contribution in [0.25, 0.3) is 22.5 Å². The van der Waals surface area contributed by atoms with E-state index in [2.05, 4.69) is 9.97 Å². The smallest absolute Gasteiger partial charge is 0.204 e. The number of aromatic nitrogens is 2. The topological polar surface area (TPSA) is 61.3 Å². The molecule has 0 N–H and O–H groups in total. The molecule has 148 valence electrons. The molecule has 2 aromatic heterocycles. The van der Waals surface area contributed by atoms with Crippen LogP contribution in [0.1, 0.15) is 15.9 Å². The molecule has 0 aliphatic rings. The number of pyridine rings is 2. The number of carbonyl (C=O) groups excluding carboxylic acids is 1. The summed E-state index contributed by atoms with van der Waals surface area (Å²) in [5.74, 6) is 0.625. The number of hydrogen-bond donors (Lipinski definition) is 0. The van der Waals surface area contributed by atoms with Crippen LogP contribution in [0.2, 0.25) is 0 Å². The highest BCUT2D eigenvalue weighted by Crippen LogP contribution is 2.36. The molecule has 0 unspecified atom stereocenters. The lowest BCUT2D eigenvalue weighted by Gasteiger charge is -2.16. The van der Waals surface area contributed by atoms with Crippen molar-refractivity contribution in [1.29, 1.82) is 0 Å². The van der Waals surface area contributed by atoms with Crippen molar-refractivity contribution in [3.05, 3.63) is 96.3 Å². The standard InChI is InChI=1S/C25H20N2O3/c1-29-19-13-15-26-23(17-9-5-3-6-10-17)21(19)25(28)22-20(30-2)14-16-27-24(22)18-11-7-4-8-12-18/h3-16H,1-2H3. The van der Waals surface area contributed by atoms with Crippen molar-refractivity contribution in [2.45, 2.75) is 0 Å². The van der Waals surface area contributed by atoms with Crippen LogP contribution < -0.4 is 9.47 Å². The number of hydrogen-bond acceptors (Lipinski definition) is 5. The number of carbonyl (C=O) groups is 1. The van der Waals surface area contributed by atoms with E-state index in [4.69, 9.17) is 9.47 Å². The van der Waals surface area contributed by atoms with Crippen molar-refractivity contribution in [3.63, 3.8) is 0 Å². The van der Waals surface area contributed by atoms with E-state index in [1.54, 1.807) is 38.7 Å². The van der Waals surface area contributed by atoms with E-state index in [1.165, 1.54) is 0 Å². The first-order valence-corrected chi connectivity index (χ1v) is 9.46. The average molecular weight is 396 g/mol. The molecule has 0 fully saturated rings. The number of benzene rings is 2. The number of nitrogens with zero attached hydrogens (tertiary/aromatic N) is 2. The average Bonchev–Trinajstić information content (AvgIpc) is 2.83. The molecule has 30 heavy (non-hydrogen) atoms. The second-order valence-corrected chi connectivity index (χ2v) is 6.53. The lowest BCUT2D eigenvalue weighted by molar-refractivity contribution is 0.103. The van der Waals surface area contributed by atoms with E-state index in [0.29, 0.717) is 34.0 Å². The Labute approximate surface area is 175 Å². The molecule has 0 saturated heterocycles. The third kappa shape index (κ3) is 3.53. The summed E-state index contributed by atoms with van der Waals surface area (Å²) >= 11 is 0. The number of ether oxygens (including phenoxy) is 2. The molecule has 0 bridgehead atoms. The maximum absolute atomic E-state index is 14.0. The third-order valence-electron chi connectivity index (χ3n) is 4.81. The molecule has 0 radical (unpaired) electrons. The largest absolute Gasteiger partial charge is 0.496 e. The molecule has 4 aromatic rings. The van der Waals surface area contributed by atoms with Crippen LogP contribution in [0.3, 0.4) is 0 Å². The highest BCUT2D eigenvalue weighted by atomic mass is 16.5. The van der Waals surface area contributed by atoms with Crippen molar-refractivity contribution in [1.82, 2.24) is 9.97 Å². The second kappa shape index (κ2) is 8.57. The molecular weight excluding hydrogens is 376 g/mol. The Kier molecular flexibility index (Phi) is 5.52. The van der Waals surface area contributed by atoms with Crippen LogP contribution in [0, 0.1) is 0 Å². The molecule has 2 heterocycles. The van der Waals surface area contributed by atoms with Crippen molar-refractivity contribution < 1.29 is 14.3 Å². The van der Waals surface area contributed by atoms with Gasteiger partial charge in [0.05, 0.1) is 36.7 Å². The van der Waals surface area contributed by atoms with E-state index >= 15 is 0 Å². The normalized spacial score (nSPS) is 10.5. The minimum Gasteiger partial charge on any atom is -0.496 e. The van der Waals surface area contributed by atoms with Crippen molar-refractivity contribution in [3.8, 4) is 34.0 Å². The third-order valence-corrected chi connectivity index (χ3v) is 4.81. The molecule has 5 heteroatoms. The summed E-state index contributed by atoms with van der Waals surface area (Å²) in [5.41, 5.74) is 3.48. The molecule has 4 rings (SSSR count). The fraction of sp³-hybridized carbons (Fsp3) is 0.0800. The Bertz CT molecular complexity index is 1080. The maximum Gasteiger partial charge on any atom is 0.204 e. The first-order chi connectivity index (χ1) is 14.7. The molecule has 2 aromatic carbocycles. The lowest BCUT2D eigenvalue weighted by atomic mass is 9.93. The monoisotopic (exact) mass is 396 g/mol. The first kappa shape index (κ1) is 19.3. The minimum atomic E-state index is -0.261. The van der Waals surface area contributed by atoms with Gasteiger partial charge in [0, 0.05) is 23.5 Å². The van der Waals surface area contributed by atoms with Gasteiger partial charge in [-0.05, 0) is 12.1 Å². The zero-order valence-electron chi connectivity index (χ0n) is 16.7. The van der Waals surface area contributed by atoms with Crippen molar-refractivity contribution >= 4 is 5.78 Å². The predicted octanol–water partition coefficient (Wildman–Crippen LogP) is 5.06. The van der Waals surface area contributed by atoms with Gasteiger partial charge in [-0.3, -0.25) is 14.8 Å². The van der Waals surface area contributed by atoms with Gasteiger partial charge in [-0.2, -0.15) is 0 Å². The van der Waals surface area contributed by atoms with Crippen molar-refractivity contribution in [2.75, 3.05) is 14.2 Å². The highest BCUT2D eigenvalue weighted by Gasteiger charge is 2.27. The molecule has 0 atom stereocenters. The van der Waals surface area contributed by atoms with Gasteiger partial charge in [0.15, 0.2) is 0 Å². The Morgan fingerprint density at radius 1 is 0.633 bits per heavy atom. The summed E-state index contributed by atoms with van der Waals surface area (Å²) in [6.45, 7) is 0. The van der Waals surface area contributed by atoms with Gasteiger partial charge < -0.3 is 9.47 Å². The molecule has 0 aliphatic heterocycles. The molecule has 0 spiro atoms. The van der Waals surface area contributed by atoms with Gasteiger partial charge in [-0.1, -0.05) is 60.7 Å². The summed E-state index contributed by atoms with van der Waals surface area (Å²) in [4.78, 5) is 23.0. The number of methoxy groups -OCH3 is 2. The van der Waals surface area contributed by atoms with Crippen LogP contribution in [0.15, 0.2) is 85.2 Å². The zero-order chi connectivity index (χ0) is 20.9. The van der Waals surface area contributed by atoms with Gasteiger partial charge >= 0.3 is 0 Å². The van der Waals surface area contributed by atoms with E-state index in [0.717, 1.165) is 11.1 Å². The SMILES string of the molecule is COc1ccnc(-c2ccccc2)c1C(=O)c1c(OC)ccnc1-c1ccccc1. The van der Waals surface area contributed by atoms with Crippen LogP contribution in [0.5, 0.6) is 11.5 Å². The molecular formula is C25H20N2O3. The molecule has 0 amide bonds. The van der Waals surface area contributed by atoms with Crippen LogP contribution in [-0.2, 0) is 0 Å².